The topological polar surface area (TPSA) is 74.3 Å². The van der Waals surface area contributed by atoms with Crippen LogP contribution in [0.15, 0.2) is 64.5 Å². The Kier molecular flexibility index (Phi) is 5.96. The summed E-state index contributed by atoms with van der Waals surface area (Å²) in [4.78, 5) is 28.9. The minimum Gasteiger partial charge on any atom is -0.301 e. The van der Waals surface area contributed by atoms with Gasteiger partial charge in [-0.3, -0.25) is 14.6 Å². The molecule has 148 valence electrons. The van der Waals surface area contributed by atoms with Crippen LogP contribution in [0.25, 0.3) is 11.3 Å². The average Bonchev–Trinajstić information content (AvgIpc) is 3.19. The van der Waals surface area contributed by atoms with Gasteiger partial charge >= 0.3 is 0 Å². The van der Waals surface area contributed by atoms with Gasteiger partial charge in [-0.1, -0.05) is 58.4 Å². The number of hydrogen-bond acceptors (Lipinski definition) is 5. The molecular formula is C20H16BrClN4O2S. The van der Waals surface area contributed by atoms with Crippen molar-refractivity contribution >= 4 is 55.8 Å². The molecule has 2 aromatic carbocycles. The van der Waals surface area contributed by atoms with Crippen LogP contribution in [0.2, 0.25) is 0 Å². The maximum atomic E-state index is 12.3. The highest BCUT2D eigenvalue weighted by Gasteiger charge is 2.47. The van der Waals surface area contributed by atoms with Crippen molar-refractivity contribution in [2.24, 2.45) is 0 Å². The number of alkyl halides is 1. The third-order valence-corrected chi connectivity index (χ3v) is 6.13. The quantitative estimate of drug-likeness (QED) is 0.400. The molecule has 6 nitrogen and oxygen atoms in total. The lowest BCUT2D eigenvalue weighted by atomic mass is 9.95. The number of nitrogens with one attached hydrogen (secondary N) is 2. The molecule has 3 aromatic rings. The van der Waals surface area contributed by atoms with Gasteiger partial charge in [-0.15, -0.1) is 22.9 Å². The third kappa shape index (κ3) is 4.35. The molecule has 0 spiro atoms. The molecule has 2 N–H and O–H groups in total. The summed E-state index contributed by atoms with van der Waals surface area (Å²) in [6.45, 7) is -0.0693. The van der Waals surface area contributed by atoms with Gasteiger partial charge in [0.15, 0.2) is 5.13 Å². The number of carbonyl (C=O) groups is 2. The smallest absolute Gasteiger partial charge is 0.257 e. The molecule has 0 bridgehead atoms. The lowest BCUT2D eigenvalue weighted by Gasteiger charge is -2.44. The summed E-state index contributed by atoms with van der Waals surface area (Å²) >= 11 is 11.0. The molecule has 1 aliphatic heterocycles. The van der Waals surface area contributed by atoms with E-state index in [1.54, 1.807) is 0 Å². The fourth-order valence-corrected chi connectivity index (χ4v) is 4.55. The molecule has 1 aliphatic rings. The van der Waals surface area contributed by atoms with Crippen molar-refractivity contribution in [3.63, 3.8) is 0 Å². The van der Waals surface area contributed by atoms with Gasteiger partial charge in [0, 0.05) is 15.4 Å². The maximum Gasteiger partial charge on any atom is 0.257 e. The third-order valence-electron chi connectivity index (χ3n) is 4.45. The van der Waals surface area contributed by atoms with Gasteiger partial charge in [0.25, 0.3) is 5.91 Å². The molecule has 1 fully saturated rings. The summed E-state index contributed by atoms with van der Waals surface area (Å²) in [7, 11) is 0. The van der Waals surface area contributed by atoms with E-state index < -0.39 is 5.38 Å². The number of hydrogen-bond donors (Lipinski definition) is 2. The lowest BCUT2D eigenvalue weighted by Crippen LogP contribution is -2.62. The van der Waals surface area contributed by atoms with Crippen molar-refractivity contribution in [1.29, 1.82) is 0 Å². The Bertz CT molecular complexity index is 1050. The van der Waals surface area contributed by atoms with E-state index in [0.29, 0.717) is 5.13 Å². The van der Waals surface area contributed by atoms with Crippen molar-refractivity contribution in [2.45, 2.75) is 11.4 Å². The molecule has 9 heteroatoms. The van der Waals surface area contributed by atoms with E-state index in [9.17, 15) is 9.59 Å². The molecule has 4 rings (SSSR count). The summed E-state index contributed by atoms with van der Waals surface area (Å²) < 4.78 is 0.897. The van der Waals surface area contributed by atoms with Crippen molar-refractivity contribution in [2.75, 3.05) is 11.9 Å². The Morgan fingerprint density at radius 3 is 2.76 bits per heavy atom. The fourth-order valence-electron chi connectivity index (χ4n) is 3.03. The van der Waals surface area contributed by atoms with Gasteiger partial charge in [-0.25, -0.2) is 10.4 Å². The highest BCUT2D eigenvalue weighted by Crippen LogP contribution is 2.37. The Labute approximate surface area is 185 Å². The van der Waals surface area contributed by atoms with Crippen LogP contribution in [0.5, 0.6) is 0 Å². The zero-order valence-corrected chi connectivity index (χ0v) is 18.2. The first-order chi connectivity index (χ1) is 14.0. The van der Waals surface area contributed by atoms with Gasteiger partial charge in [0.2, 0.25) is 5.91 Å². The predicted octanol–water partition coefficient (Wildman–Crippen LogP) is 4.21. The normalized spacial score (nSPS) is 18.4. The lowest BCUT2D eigenvalue weighted by molar-refractivity contribution is -0.151. The summed E-state index contributed by atoms with van der Waals surface area (Å²) in [5.41, 5.74) is 5.55. The number of benzene rings is 2. The van der Waals surface area contributed by atoms with E-state index in [4.69, 9.17) is 11.6 Å². The standard InChI is InChI=1S/C20H16BrClN4O2S/c21-14-8-4-7-13(9-14)18-17(22)19(28)26(18)23-10-16(27)25-20-24-15(11-29-20)12-5-2-1-3-6-12/h1-9,11,17-18,23H,10H2,(H,24,25,27). The molecule has 1 aromatic heterocycles. The van der Waals surface area contributed by atoms with Crippen molar-refractivity contribution < 1.29 is 9.59 Å². The molecule has 0 aliphatic carbocycles. The fraction of sp³-hybridized carbons (Fsp3) is 0.150. The van der Waals surface area contributed by atoms with Crippen LogP contribution in [0, 0.1) is 0 Å². The molecule has 2 heterocycles. The largest absolute Gasteiger partial charge is 0.301 e. The number of hydrazine groups is 1. The molecule has 0 radical (unpaired) electrons. The van der Waals surface area contributed by atoms with E-state index in [-0.39, 0.29) is 24.4 Å². The van der Waals surface area contributed by atoms with Gasteiger partial charge in [-0.05, 0) is 17.7 Å². The van der Waals surface area contributed by atoms with Crippen LogP contribution >= 0.6 is 38.9 Å². The molecule has 2 amide bonds. The Balaban J connectivity index is 1.36. The van der Waals surface area contributed by atoms with Crippen molar-refractivity contribution in [3.8, 4) is 11.3 Å². The monoisotopic (exact) mass is 490 g/mol. The molecule has 0 saturated carbocycles. The van der Waals surface area contributed by atoms with Crippen molar-refractivity contribution in [3.05, 3.63) is 70.0 Å². The SMILES string of the molecule is O=C(CNN1C(=O)C(Cl)C1c1cccc(Br)c1)Nc1nc(-c2ccccc2)cs1. The number of rotatable bonds is 6. The number of anilines is 1. The number of β-lactam (4-membered cyclic amide) rings is 1. The number of halogens is 2. The van der Waals surface area contributed by atoms with E-state index in [1.165, 1.54) is 16.3 Å². The average molecular weight is 492 g/mol. The Morgan fingerprint density at radius 1 is 1.21 bits per heavy atom. The second kappa shape index (κ2) is 8.62. The number of carbonyl (C=O) groups excluding carboxylic acids is 2. The first kappa shape index (κ1) is 20.0. The van der Waals surface area contributed by atoms with Gasteiger partial charge in [-0.2, -0.15) is 0 Å². The highest BCUT2D eigenvalue weighted by molar-refractivity contribution is 9.10. The summed E-state index contributed by atoms with van der Waals surface area (Å²) in [5, 5.41) is 5.88. The van der Waals surface area contributed by atoms with Crippen LogP contribution in [0.4, 0.5) is 5.13 Å². The van der Waals surface area contributed by atoms with E-state index in [1.807, 2.05) is 60.0 Å². The van der Waals surface area contributed by atoms with E-state index >= 15 is 0 Å². The predicted molar refractivity (Wildman–Crippen MR) is 118 cm³/mol. The second-order valence-corrected chi connectivity index (χ2v) is 8.64. The summed E-state index contributed by atoms with van der Waals surface area (Å²) in [5.74, 6) is -0.553. The van der Waals surface area contributed by atoms with Crippen LogP contribution in [-0.2, 0) is 9.59 Å². The van der Waals surface area contributed by atoms with Crippen molar-refractivity contribution in [1.82, 2.24) is 15.4 Å². The number of nitrogens with zero attached hydrogens (tertiary/aromatic N) is 2. The zero-order valence-electron chi connectivity index (χ0n) is 15.0. The highest BCUT2D eigenvalue weighted by atomic mass is 79.9. The molecule has 29 heavy (non-hydrogen) atoms. The minimum atomic E-state index is -0.660. The van der Waals surface area contributed by atoms with Gasteiger partial charge in [0.05, 0.1) is 18.3 Å². The Hall–Kier alpha value is -2.26. The van der Waals surface area contributed by atoms with Crippen LogP contribution < -0.4 is 10.7 Å². The first-order valence-corrected chi connectivity index (χ1v) is 10.9. The molecular weight excluding hydrogens is 476 g/mol. The molecule has 1 saturated heterocycles. The van der Waals surface area contributed by atoms with Crippen LogP contribution in [0.1, 0.15) is 11.6 Å². The van der Waals surface area contributed by atoms with Gasteiger partial charge in [0.1, 0.15) is 5.38 Å². The summed E-state index contributed by atoms with van der Waals surface area (Å²) in [6.07, 6.45) is 0. The van der Waals surface area contributed by atoms with Gasteiger partial charge < -0.3 is 5.32 Å². The minimum absolute atomic E-state index is 0.0693. The zero-order chi connectivity index (χ0) is 20.4. The first-order valence-electron chi connectivity index (χ1n) is 8.80. The molecule has 2 atom stereocenters. The summed E-state index contributed by atoms with van der Waals surface area (Å²) in [6, 6.07) is 17.0. The number of amides is 2. The second-order valence-electron chi connectivity index (χ2n) is 6.40. The Morgan fingerprint density at radius 2 is 2.00 bits per heavy atom. The van der Waals surface area contributed by atoms with Crippen LogP contribution in [-0.4, -0.2) is 33.7 Å². The van der Waals surface area contributed by atoms with E-state index in [0.717, 1.165) is 21.3 Å². The molecule has 2 unspecified atom stereocenters. The number of aromatic nitrogens is 1. The van der Waals surface area contributed by atoms with Crippen LogP contribution in [0.3, 0.4) is 0 Å². The number of thiazole rings is 1. The van der Waals surface area contributed by atoms with E-state index in [2.05, 4.69) is 31.7 Å². The maximum absolute atomic E-state index is 12.3.